The zero-order valence-corrected chi connectivity index (χ0v) is 17.8. The van der Waals surface area contributed by atoms with Crippen molar-refractivity contribution in [3.8, 4) is 0 Å². The predicted molar refractivity (Wildman–Crippen MR) is 114 cm³/mol. The minimum atomic E-state index is -3.80. The Morgan fingerprint density at radius 1 is 1.10 bits per heavy atom. The molecule has 7 nitrogen and oxygen atoms in total. The Balaban J connectivity index is 1.90. The molecule has 0 spiro atoms. The van der Waals surface area contributed by atoms with Crippen LogP contribution < -0.4 is 14.9 Å². The molecule has 2 aromatic rings. The van der Waals surface area contributed by atoms with Gasteiger partial charge in [-0.2, -0.15) is 0 Å². The topological polar surface area (TPSA) is 95.6 Å². The molecule has 0 atom stereocenters. The molecule has 0 bridgehead atoms. The second-order valence-electron chi connectivity index (χ2n) is 7.20. The van der Waals surface area contributed by atoms with Gasteiger partial charge in [-0.05, 0) is 74.2 Å². The number of amides is 2. The molecule has 8 heteroatoms. The van der Waals surface area contributed by atoms with Crippen LogP contribution in [0.2, 0.25) is 0 Å². The summed E-state index contributed by atoms with van der Waals surface area (Å²) in [6.07, 6.45) is 1.00. The Kier molecular flexibility index (Phi) is 5.66. The van der Waals surface area contributed by atoms with Crippen molar-refractivity contribution >= 4 is 38.9 Å². The van der Waals surface area contributed by atoms with Crippen molar-refractivity contribution in [1.82, 2.24) is 0 Å². The standard InChI is InChI=1S/C21H25N3O4S/c1-5-24-19-8-7-17(12-16(19)6-9-20(24)26)23-29(27,28)18-10-13(2)21(14(3)11-18)22-15(4)25/h7-8,10-12,23H,5-6,9H2,1-4H3,(H,22,25). The number of aryl methyl sites for hydroxylation is 3. The lowest BCUT2D eigenvalue weighted by Gasteiger charge is -2.28. The first-order chi connectivity index (χ1) is 13.6. The van der Waals surface area contributed by atoms with Crippen LogP contribution in [0, 0.1) is 13.8 Å². The van der Waals surface area contributed by atoms with Crippen LogP contribution in [0.15, 0.2) is 35.2 Å². The predicted octanol–water partition coefficient (Wildman–Crippen LogP) is 3.36. The first-order valence-electron chi connectivity index (χ1n) is 9.47. The van der Waals surface area contributed by atoms with Crippen LogP contribution in [0.25, 0.3) is 0 Å². The number of carbonyl (C=O) groups is 2. The monoisotopic (exact) mass is 415 g/mol. The van der Waals surface area contributed by atoms with Crippen molar-refractivity contribution in [2.45, 2.75) is 45.4 Å². The Morgan fingerprint density at radius 2 is 1.76 bits per heavy atom. The third-order valence-electron chi connectivity index (χ3n) is 4.97. The van der Waals surface area contributed by atoms with Crippen molar-refractivity contribution in [3.63, 3.8) is 0 Å². The lowest BCUT2D eigenvalue weighted by molar-refractivity contribution is -0.119. The summed E-state index contributed by atoms with van der Waals surface area (Å²) in [6.45, 7) is 7.42. The van der Waals surface area contributed by atoms with Gasteiger partial charge in [0.1, 0.15) is 0 Å². The van der Waals surface area contributed by atoms with Crippen LogP contribution in [0.5, 0.6) is 0 Å². The minimum Gasteiger partial charge on any atom is -0.326 e. The lowest BCUT2D eigenvalue weighted by Crippen LogP contribution is -2.34. The zero-order chi connectivity index (χ0) is 21.3. The zero-order valence-electron chi connectivity index (χ0n) is 17.0. The van der Waals surface area contributed by atoms with E-state index < -0.39 is 10.0 Å². The molecular formula is C21H25N3O4S. The van der Waals surface area contributed by atoms with Gasteiger partial charge in [-0.3, -0.25) is 14.3 Å². The van der Waals surface area contributed by atoms with Gasteiger partial charge in [-0.25, -0.2) is 8.42 Å². The average molecular weight is 416 g/mol. The summed E-state index contributed by atoms with van der Waals surface area (Å²) in [6, 6.07) is 8.31. The fourth-order valence-corrected chi connectivity index (χ4v) is 4.86. The Bertz CT molecular complexity index is 1070. The summed E-state index contributed by atoms with van der Waals surface area (Å²) in [4.78, 5) is 25.2. The van der Waals surface area contributed by atoms with Gasteiger partial charge >= 0.3 is 0 Å². The second kappa shape index (κ2) is 7.87. The fourth-order valence-electron chi connectivity index (χ4n) is 3.64. The van der Waals surface area contributed by atoms with E-state index in [0.717, 1.165) is 11.3 Å². The Morgan fingerprint density at radius 3 is 2.34 bits per heavy atom. The molecular weight excluding hydrogens is 390 g/mol. The van der Waals surface area contributed by atoms with E-state index in [1.165, 1.54) is 19.1 Å². The summed E-state index contributed by atoms with van der Waals surface area (Å²) in [7, 11) is -3.80. The smallest absolute Gasteiger partial charge is 0.261 e. The van der Waals surface area contributed by atoms with Gasteiger partial charge < -0.3 is 10.2 Å². The first kappa shape index (κ1) is 20.9. The van der Waals surface area contributed by atoms with Gasteiger partial charge in [0.2, 0.25) is 11.8 Å². The molecule has 2 amide bonds. The molecule has 0 aliphatic carbocycles. The van der Waals surface area contributed by atoms with E-state index in [-0.39, 0.29) is 16.7 Å². The maximum atomic E-state index is 12.9. The van der Waals surface area contributed by atoms with Crippen LogP contribution in [0.4, 0.5) is 17.1 Å². The van der Waals surface area contributed by atoms with Crippen LogP contribution in [0.3, 0.4) is 0 Å². The van der Waals surface area contributed by atoms with Gasteiger partial charge in [-0.1, -0.05) is 0 Å². The molecule has 29 heavy (non-hydrogen) atoms. The van der Waals surface area contributed by atoms with Gasteiger partial charge in [-0.15, -0.1) is 0 Å². The molecule has 2 aromatic carbocycles. The quantitative estimate of drug-likeness (QED) is 0.783. The van der Waals surface area contributed by atoms with E-state index in [1.54, 1.807) is 36.9 Å². The maximum Gasteiger partial charge on any atom is 0.261 e. The molecule has 0 radical (unpaired) electrons. The molecule has 1 aliphatic heterocycles. The number of rotatable bonds is 5. The van der Waals surface area contributed by atoms with Crippen molar-refractivity contribution in [2.75, 3.05) is 21.5 Å². The van der Waals surface area contributed by atoms with E-state index in [2.05, 4.69) is 10.0 Å². The highest BCUT2D eigenvalue weighted by Gasteiger charge is 2.24. The molecule has 0 unspecified atom stereocenters. The molecule has 0 fully saturated rings. The number of sulfonamides is 1. The van der Waals surface area contributed by atoms with Crippen LogP contribution in [-0.4, -0.2) is 26.8 Å². The second-order valence-corrected chi connectivity index (χ2v) is 8.88. The molecule has 1 aliphatic rings. The van der Waals surface area contributed by atoms with Crippen molar-refractivity contribution in [3.05, 3.63) is 47.0 Å². The molecule has 0 saturated heterocycles. The molecule has 3 rings (SSSR count). The third kappa shape index (κ3) is 4.27. The number of carbonyl (C=O) groups excluding carboxylic acids is 2. The highest BCUT2D eigenvalue weighted by Crippen LogP contribution is 2.31. The average Bonchev–Trinajstić information content (AvgIpc) is 2.64. The summed E-state index contributed by atoms with van der Waals surface area (Å²) in [5.41, 5.74) is 4.19. The van der Waals surface area contributed by atoms with Gasteiger partial charge in [0.15, 0.2) is 0 Å². The van der Waals surface area contributed by atoms with E-state index in [0.29, 0.717) is 41.9 Å². The summed E-state index contributed by atoms with van der Waals surface area (Å²) in [5, 5.41) is 2.73. The van der Waals surface area contributed by atoms with Gasteiger partial charge in [0.25, 0.3) is 10.0 Å². The van der Waals surface area contributed by atoms with Crippen molar-refractivity contribution < 1.29 is 18.0 Å². The van der Waals surface area contributed by atoms with Gasteiger partial charge in [0.05, 0.1) is 4.90 Å². The van der Waals surface area contributed by atoms with Crippen LogP contribution in [0.1, 0.15) is 37.0 Å². The highest BCUT2D eigenvalue weighted by molar-refractivity contribution is 7.92. The third-order valence-corrected chi connectivity index (χ3v) is 6.33. The van der Waals surface area contributed by atoms with E-state index in [4.69, 9.17) is 0 Å². The number of nitrogens with zero attached hydrogens (tertiary/aromatic N) is 1. The highest BCUT2D eigenvalue weighted by atomic mass is 32.2. The van der Waals surface area contributed by atoms with Crippen molar-refractivity contribution in [1.29, 1.82) is 0 Å². The van der Waals surface area contributed by atoms with Crippen LogP contribution >= 0.6 is 0 Å². The SMILES string of the molecule is CCN1C(=O)CCc2cc(NS(=O)(=O)c3cc(C)c(NC(C)=O)c(C)c3)ccc21. The Hall–Kier alpha value is -2.87. The minimum absolute atomic E-state index is 0.0820. The van der Waals surface area contributed by atoms with E-state index in [9.17, 15) is 18.0 Å². The lowest BCUT2D eigenvalue weighted by atomic mass is 10.0. The molecule has 2 N–H and O–H groups in total. The number of anilines is 3. The van der Waals surface area contributed by atoms with Crippen LogP contribution in [-0.2, 0) is 26.0 Å². The number of fused-ring (bicyclic) bond motifs is 1. The molecule has 1 heterocycles. The van der Waals surface area contributed by atoms with E-state index in [1.807, 2.05) is 6.92 Å². The largest absolute Gasteiger partial charge is 0.326 e. The number of hydrogen-bond donors (Lipinski definition) is 2. The van der Waals surface area contributed by atoms with E-state index >= 15 is 0 Å². The molecule has 0 saturated carbocycles. The van der Waals surface area contributed by atoms with Crippen molar-refractivity contribution in [2.24, 2.45) is 0 Å². The molecule has 0 aromatic heterocycles. The summed E-state index contributed by atoms with van der Waals surface area (Å²) >= 11 is 0. The summed E-state index contributed by atoms with van der Waals surface area (Å²) < 4.78 is 28.5. The van der Waals surface area contributed by atoms with Gasteiger partial charge in [0, 0.05) is 37.0 Å². The number of benzene rings is 2. The summed E-state index contributed by atoms with van der Waals surface area (Å²) in [5.74, 6) is -0.128. The normalized spacial score (nSPS) is 13.8. The number of hydrogen-bond acceptors (Lipinski definition) is 4. The number of nitrogens with one attached hydrogen (secondary N) is 2. The first-order valence-corrected chi connectivity index (χ1v) is 11.0. The maximum absolute atomic E-state index is 12.9. The Labute approximate surface area is 171 Å². The molecule has 154 valence electrons. The fraction of sp³-hybridized carbons (Fsp3) is 0.333.